The van der Waals surface area contributed by atoms with Crippen molar-refractivity contribution in [2.24, 2.45) is 68.1 Å². The highest BCUT2D eigenvalue weighted by Crippen LogP contribution is 2.42. The van der Waals surface area contributed by atoms with Gasteiger partial charge in [-0.25, -0.2) is 48.2 Å². The molecule has 0 saturated carbocycles. The molecular formula is C95H80N16O2+4. The van der Waals surface area contributed by atoms with Crippen LogP contribution in [0.25, 0.3) is 39.0 Å². The highest BCUT2D eigenvalue weighted by Gasteiger charge is 2.31. The van der Waals surface area contributed by atoms with Gasteiger partial charge in [0, 0.05) is 179 Å². The normalized spacial score (nSPS) is 17.6. The van der Waals surface area contributed by atoms with Crippen LogP contribution in [0.3, 0.4) is 0 Å². The maximum absolute atomic E-state index is 11.5. The van der Waals surface area contributed by atoms with Crippen LogP contribution in [0.5, 0.6) is 0 Å². The number of rotatable bonds is 14. The molecule has 6 aromatic heterocycles. The summed E-state index contributed by atoms with van der Waals surface area (Å²) in [5, 5.41) is 23.1. The molecule has 0 fully saturated rings. The van der Waals surface area contributed by atoms with E-state index in [9.17, 15) is 10.2 Å². The summed E-state index contributed by atoms with van der Waals surface area (Å²) in [7, 11) is 12.1. The van der Waals surface area contributed by atoms with Gasteiger partial charge in [-0.15, -0.1) is 0 Å². The number of H-pyrrole nitrogens is 2. The monoisotopic (exact) mass is 1480 g/mol. The first-order chi connectivity index (χ1) is 55.2. The molecule has 4 N–H and O–H groups in total. The van der Waals surface area contributed by atoms with Crippen molar-refractivity contribution in [2.45, 2.75) is 19.3 Å². The molecule has 10 aliphatic rings. The van der Waals surface area contributed by atoms with E-state index in [-0.39, 0.29) is 11.8 Å². The van der Waals surface area contributed by atoms with Gasteiger partial charge in [0.15, 0.2) is 49.6 Å². The molecule has 16 bridgehead atoms. The molecule has 18 nitrogen and oxygen atoms in total. The molecule has 0 aliphatic carbocycles. The largest absolute Gasteiger partial charge is 0.493 e. The van der Waals surface area contributed by atoms with Gasteiger partial charge in [-0.2, -0.15) is 0 Å². The van der Waals surface area contributed by atoms with Gasteiger partial charge in [0.2, 0.25) is 11.8 Å². The molecule has 18 rings (SSSR count). The van der Waals surface area contributed by atoms with Crippen molar-refractivity contribution in [1.82, 2.24) is 19.8 Å². The fourth-order valence-electron chi connectivity index (χ4n) is 15.2. The SMILES string of the molecule is CN1C=CC(=C2C3=NC(=C(c4cc[n+](C)cc4)C4=NC(=C(c5cc[n+](C)cc5)c5ccc([nH]5)C(c5ccc(C(O)=NCCCCCN=C(O)c6ccc(C7=C8C=CC(=N8)C(c8cc[n+](C)cc8)=C8C=CC(=N8)C(c8cc[n+](C)cc8)=C8C=CC(=N8)C(=C8C=CN(C)C=C8)c8ccc7[nH]8)cc6)cc5)=C5C=CC2=N5)C=C4)C=C3)C=C1. The number of aliphatic hydroxyl groups is 2. The zero-order valence-electron chi connectivity index (χ0n) is 63.4. The van der Waals surface area contributed by atoms with Crippen LogP contribution in [-0.4, -0.2) is 103 Å². The van der Waals surface area contributed by atoms with E-state index in [1.54, 1.807) is 0 Å². The van der Waals surface area contributed by atoms with E-state index in [1.165, 1.54) is 0 Å². The molecule has 0 radical (unpaired) electrons. The number of nitrogens with zero attached hydrogens (tertiary/aromatic N) is 14. The van der Waals surface area contributed by atoms with Gasteiger partial charge in [0.25, 0.3) is 0 Å². The Bertz CT molecular complexity index is 6220. The molecule has 2 aromatic carbocycles. The zero-order chi connectivity index (χ0) is 76.8. The van der Waals surface area contributed by atoms with Gasteiger partial charge in [-0.05, 0) is 210 Å². The summed E-state index contributed by atoms with van der Waals surface area (Å²) in [6.07, 6.45) is 60.3. The van der Waals surface area contributed by atoms with E-state index in [0.717, 1.165) is 187 Å². The average Bonchev–Trinajstić information content (AvgIpc) is 1.62. The summed E-state index contributed by atoms with van der Waals surface area (Å²) in [5.74, 6) is -0.0835. The van der Waals surface area contributed by atoms with E-state index in [4.69, 9.17) is 30.0 Å². The third-order valence-corrected chi connectivity index (χ3v) is 21.2. The summed E-state index contributed by atoms with van der Waals surface area (Å²) in [6.45, 7) is 0.822. The first-order valence-corrected chi connectivity index (χ1v) is 37.9. The number of aryl methyl sites for hydroxylation is 4. The third kappa shape index (κ3) is 14.1. The molecule has 113 heavy (non-hydrogen) atoms. The van der Waals surface area contributed by atoms with Crippen molar-refractivity contribution in [1.29, 1.82) is 0 Å². The quantitative estimate of drug-likeness (QED) is 0.0365. The Hall–Kier alpha value is -14.5. The summed E-state index contributed by atoms with van der Waals surface area (Å²) in [4.78, 5) is 53.8. The van der Waals surface area contributed by atoms with Gasteiger partial charge in [-0.3, -0.25) is 9.98 Å². The smallest absolute Gasteiger partial charge is 0.213 e. The highest BCUT2D eigenvalue weighted by molar-refractivity contribution is 6.39. The molecule has 0 unspecified atom stereocenters. The molecule has 18 heteroatoms. The highest BCUT2D eigenvalue weighted by atomic mass is 16.3. The van der Waals surface area contributed by atoms with E-state index in [1.807, 2.05) is 144 Å². The number of unbranched alkanes of at least 4 members (excludes halogenated alkanes) is 2. The lowest BCUT2D eigenvalue weighted by molar-refractivity contribution is -0.671. The van der Waals surface area contributed by atoms with Crippen LogP contribution < -0.4 is 18.3 Å². The first kappa shape index (κ1) is 70.2. The van der Waals surface area contributed by atoms with E-state index >= 15 is 0 Å². The minimum Gasteiger partial charge on any atom is -0.493 e. The second-order valence-corrected chi connectivity index (χ2v) is 29.0. The molecule has 8 aromatic rings. The van der Waals surface area contributed by atoms with Gasteiger partial charge in [0.05, 0.1) is 68.5 Å². The Labute approximate surface area is 655 Å². The van der Waals surface area contributed by atoms with Crippen LogP contribution in [0.4, 0.5) is 0 Å². The number of aliphatic hydroxyl groups excluding tert-OH is 2. The fraction of sp³-hybridized carbons (Fsp3) is 0.116. The summed E-state index contributed by atoms with van der Waals surface area (Å²) < 4.78 is 8.11. The predicted molar refractivity (Wildman–Crippen MR) is 451 cm³/mol. The number of nitrogens with one attached hydrogen (secondary N) is 2. The second-order valence-electron chi connectivity index (χ2n) is 29.0. The summed E-state index contributed by atoms with van der Waals surface area (Å²) in [5.41, 5.74) is 29.3. The zero-order valence-corrected chi connectivity index (χ0v) is 63.4. The number of hydrogen-bond acceptors (Lipinski definition) is 10. The summed E-state index contributed by atoms with van der Waals surface area (Å²) >= 11 is 0. The van der Waals surface area contributed by atoms with Crippen LogP contribution >= 0.6 is 0 Å². The van der Waals surface area contributed by atoms with Gasteiger partial charge in [0.1, 0.15) is 28.2 Å². The van der Waals surface area contributed by atoms with E-state index in [2.05, 4.69) is 240 Å². The van der Waals surface area contributed by atoms with Crippen LogP contribution in [-0.2, 0) is 28.2 Å². The fourth-order valence-corrected chi connectivity index (χ4v) is 15.2. The third-order valence-electron chi connectivity index (χ3n) is 21.2. The lowest BCUT2D eigenvalue weighted by atomic mass is 9.97. The van der Waals surface area contributed by atoms with Gasteiger partial charge in [-0.1, -0.05) is 24.3 Å². The average molecular weight is 1480 g/mol. The minimum absolute atomic E-state index is 0.0418. The second kappa shape index (κ2) is 29.8. The molecule has 0 amide bonds. The van der Waals surface area contributed by atoms with Crippen LogP contribution in [0, 0.1) is 0 Å². The van der Waals surface area contributed by atoms with Crippen LogP contribution in [0.1, 0.15) is 86.5 Å². The van der Waals surface area contributed by atoms with Crippen molar-refractivity contribution in [3.63, 3.8) is 0 Å². The number of aliphatic imine (C=N–C) groups is 8. The maximum atomic E-state index is 11.5. The maximum Gasteiger partial charge on any atom is 0.213 e. The number of hydrogen-bond donors (Lipinski definition) is 4. The molecule has 16 heterocycles. The number of aromatic amines is 2. The van der Waals surface area contributed by atoms with Gasteiger partial charge >= 0.3 is 0 Å². The molecule has 0 spiro atoms. The van der Waals surface area contributed by atoms with E-state index in [0.29, 0.717) is 37.1 Å². The topological polar surface area (TPSA) is 193 Å². The number of pyridine rings is 4. The molecule has 0 atom stereocenters. The first-order valence-electron chi connectivity index (χ1n) is 37.9. The molecular weight excluding hydrogens is 1400 g/mol. The van der Waals surface area contributed by atoms with Crippen molar-refractivity contribution < 1.29 is 28.5 Å². The Kier molecular flexibility index (Phi) is 18.5. The van der Waals surface area contributed by atoms with Gasteiger partial charge < -0.3 is 30.0 Å². The summed E-state index contributed by atoms with van der Waals surface area (Å²) in [6, 6.07) is 41.1. The van der Waals surface area contributed by atoms with Crippen molar-refractivity contribution in [2.75, 3.05) is 27.2 Å². The number of allylic oxidation sites excluding steroid dienone is 23. The van der Waals surface area contributed by atoms with Crippen molar-refractivity contribution in [3.8, 4) is 0 Å². The number of aromatic nitrogens is 6. The van der Waals surface area contributed by atoms with E-state index < -0.39 is 0 Å². The minimum atomic E-state index is -0.0418. The lowest BCUT2D eigenvalue weighted by Gasteiger charge is -2.16. The predicted octanol–water partition coefficient (Wildman–Crippen LogP) is 14.7. The lowest BCUT2D eigenvalue weighted by Crippen LogP contribution is -2.26. The van der Waals surface area contributed by atoms with Crippen molar-refractivity contribution in [3.05, 3.63) is 411 Å². The Morgan fingerprint density at radius 3 is 0.850 bits per heavy atom. The number of fused-ring (bicyclic) bond motifs is 10. The Balaban J connectivity index is 0.600. The van der Waals surface area contributed by atoms with Crippen LogP contribution in [0.15, 0.2) is 384 Å². The Morgan fingerprint density at radius 2 is 0.540 bits per heavy atom. The molecule has 10 aliphatic heterocycles. The Morgan fingerprint density at radius 1 is 0.292 bits per heavy atom. The standard InChI is InChI=1S/C95H78N16O2/c1-106-48-34-62(35-49-106)88-74-22-18-70(98-74)86(71-19-23-75(99-71)89(63-36-50-107(2)51-37-63)79-27-31-83(103-79)92(82-30-26-78(88)102-82)66-42-56-110(5)57-43-66)60-10-14-68(15-11-60)94(112)96-46-8-7-9-47-97-95(113)69-16-12-61(13-17-69)87-72-20-24-76(100-72)90(64-38-52-108(3)53-39-64)80-28-32-84(104-80)93(67-44-58-111(6)59-45-67)85-33-29-81(105-85)91(77-25-21-73(87)101-77)65-40-54-109(4)55-41-65/h10-45,48-59H,7-9,46-47H2,1-6H3,(H2-2,96,97,98,99,100,101,102,103,104,105,112,113)/q+2/p+2. The number of benzene rings is 2. The molecule has 548 valence electrons. The van der Waals surface area contributed by atoms with Crippen LogP contribution in [0.2, 0.25) is 0 Å². The van der Waals surface area contributed by atoms with Crippen molar-refractivity contribution >= 4 is 85.1 Å². The molecule has 0 saturated heterocycles.